The van der Waals surface area contributed by atoms with E-state index in [1.165, 1.54) is 0 Å². The second-order valence-electron chi connectivity index (χ2n) is 3.38. The molecule has 0 radical (unpaired) electrons. The van der Waals surface area contributed by atoms with Gasteiger partial charge in [0.15, 0.2) is 17.3 Å². The minimum atomic E-state index is 0.136. The normalized spacial score (nSPS) is 17.0. The summed E-state index contributed by atoms with van der Waals surface area (Å²) in [6.45, 7) is 0.274. The SMILES string of the molecule is O=C1C=Cc2cc3c(cc2C1)OCO3. The molecule has 0 amide bonds. The fraction of sp³-hybridized carbons (Fsp3) is 0.182. The molecule has 1 heterocycles. The number of ketones is 1. The van der Waals surface area contributed by atoms with E-state index in [1.807, 2.05) is 18.2 Å². The fourth-order valence-electron chi connectivity index (χ4n) is 1.74. The van der Waals surface area contributed by atoms with Gasteiger partial charge < -0.3 is 9.47 Å². The van der Waals surface area contributed by atoms with Crippen LogP contribution in [0, 0.1) is 0 Å². The van der Waals surface area contributed by atoms with E-state index in [0.717, 1.165) is 22.6 Å². The molecule has 0 saturated heterocycles. The van der Waals surface area contributed by atoms with Crippen LogP contribution in [0.1, 0.15) is 11.1 Å². The number of rotatable bonds is 0. The zero-order valence-electron chi connectivity index (χ0n) is 7.45. The van der Waals surface area contributed by atoms with Crippen molar-refractivity contribution in [2.45, 2.75) is 6.42 Å². The predicted molar refractivity (Wildman–Crippen MR) is 50.3 cm³/mol. The fourth-order valence-corrected chi connectivity index (χ4v) is 1.74. The second kappa shape index (κ2) is 2.61. The van der Waals surface area contributed by atoms with Crippen molar-refractivity contribution >= 4 is 11.9 Å². The van der Waals surface area contributed by atoms with Gasteiger partial charge in [-0.05, 0) is 29.3 Å². The van der Waals surface area contributed by atoms with Crippen LogP contribution in [0.25, 0.3) is 6.08 Å². The third-order valence-electron chi connectivity index (χ3n) is 2.45. The molecule has 0 atom stereocenters. The first-order valence-corrected chi connectivity index (χ1v) is 4.46. The second-order valence-corrected chi connectivity index (χ2v) is 3.38. The van der Waals surface area contributed by atoms with Crippen molar-refractivity contribution < 1.29 is 14.3 Å². The third-order valence-corrected chi connectivity index (χ3v) is 2.45. The molecule has 0 unspecified atom stereocenters. The molecule has 3 heteroatoms. The molecule has 0 saturated carbocycles. The average molecular weight is 188 g/mol. The van der Waals surface area contributed by atoms with Gasteiger partial charge in [-0.3, -0.25) is 4.79 Å². The summed E-state index contributed by atoms with van der Waals surface area (Å²) >= 11 is 0. The minimum absolute atomic E-state index is 0.136. The summed E-state index contributed by atoms with van der Waals surface area (Å²) in [5, 5.41) is 0. The number of hydrogen-bond acceptors (Lipinski definition) is 3. The largest absolute Gasteiger partial charge is 0.454 e. The van der Waals surface area contributed by atoms with Crippen LogP contribution in [-0.2, 0) is 11.2 Å². The smallest absolute Gasteiger partial charge is 0.231 e. The van der Waals surface area contributed by atoms with Crippen LogP contribution in [0.4, 0.5) is 0 Å². The van der Waals surface area contributed by atoms with E-state index >= 15 is 0 Å². The lowest BCUT2D eigenvalue weighted by molar-refractivity contribution is -0.114. The van der Waals surface area contributed by atoms with Crippen LogP contribution in [-0.4, -0.2) is 12.6 Å². The Morgan fingerprint density at radius 1 is 1.07 bits per heavy atom. The molecule has 1 aromatic carbocycles. The lowest BCUT2D eigenvalue weighted by Gasteiger charge is -2.09. The van der Waals surface area contributed by atoms with Crippen LogP contribution in [0.2, 0.25) is 0 Å². The molecule has 3 rings (SSSR count). The van der Waals surface area contributed by atoms with Crippen molar-refractivity contribution in [1.82, 2.24) is 0 Å². The lowest BCUT2D eigenvalue weighted by Crippen LogP contribution is -2.04. The van der Waals surface area contributed by atoms with E-state index in [9.17, 15) is 4.79 Å². The van der Waals surface area contributed by atoms with Crippen LogP contribution in [0.3, 0.4) is 0 Å². The van der Waals surface area contributed by atoms with Crippen LogP contribution >= 0.6 is 0 Å². The standard InChI is InChI=1S/C11H8O3/c12-9-2-1-7-4-10-11(14-6-13-10)5-8(7)3-9/h1-2,4-5H,3,6H2. The van der Waals surface area contributed by atoms with Gasteiger partial charge in [-0.2, -0.15) is 0 Å². The number of allylic oxidation sites excluding steroid dienone is 1. The molecule has 1 aromatic rings. The van der Waals surface area contributed by atoms with Crippen molar-refractivity contribution in [3.8, 4) is 11.5 Å². The number of fused-ring (bicyclic) bond motifs is 2. The maximum Gasteiger partial charge on any atom is 0.231 e. The van der Waals surface area contributed by atoms with Gasteiger partial charge in [-0.25, -0.2) is 0 Å². The summed E-state index contributed by atoms with van der Waals surface area (Å²) < 4.78 is 10.5. The molecule has 0 fully saturated rings. The topological polar surface area (TPSA) is 35.5 Å². The monoisotopic (exact) mass is 188 g/mol. The molecular formula is C11H8O3. The Morgan fingerprint density at radius 2 is 1.86 bits per heavy atom. The van der Waals surface area contributed by atoms with Gasteiger partial charge in [0, 0.05) is 6.42 Å². The zero-order chi connectivity index (χ0) is 9.54. The summed E-state index contributed by atoms with van der Waals surface area (Å²) in [4.78, 5) is 11.2. The van der Waals surface area contributed by atoms with E-state index in [-0.39, 0.29) is 12.6 Å². The van der Waals surface area contributed by atoms with Crippen molar-refractivity contribution in [3.63, 3.8) is 0 Å². The van der Waals surface area contributed by atoms with Gasteiger partial charge in [0.1, 0.15) is 0 Å². The highest BCUT2D eigenvalue weighted by molar-refractivity contribution is 5.98. The van der Waals surface area contributed by atoms with Crippen molar-refractivity contribution in [2.24, 2.45) is 0 Å². The molecule has 0 aromatic heterocycles. The average Bonchev–Trinajstić information content (AvgIpc) is 2.61. The van der Waals surface area contributed by atoms with Crippen LogP contribution < -0.4 is 9.47 Å². The van der Waals surface area contributed by atoms with Crippen LogP contribution in [0.15, 0.2) is 18.2 Å². The van der Waals surface area contributed by atoms with Crippen molar-refractivity contribution in [2.75, 3.05) is 6.79 Å². The number of carbonyl (C=O) groups excluding carboxylic acids is 1. The Balaban J connectivity index is 2.16. The van der Waals surface area contributed by atoms with E-state index in [0.29, 0.717) is 6.42 Å². The molecule has 0 spiro atoms. The summed E-state index contributed by atoms with van der Waals surface area (Å²) in [6, 6.07) is 3.81. The van der Waals surface area contributed by atoms with Gasteiger partial charge in [0.05, 0.1) is 0 Å². The predicted octanol–water partition coefficient (Wildman–Crippen LogP) is 1.55. The molecular weight excluding hydrogens is 180 g/mol. The summed E-state index contributed by atoms with van der Waals surface area (Å²) in [5.41, 5.74) is 2.07. The molecule has 70 valence electrons. The van der Waals surface area contributed by atoms with E-state index < -0.39 is 0 Å². The molecule has 1 aliphatic heterocycles. The maximum absolute atomic E-state index is 11.2. The molecule has 0 bridgehead atoms. The number of carbonyl (C=O) groups is 1. The summed E-state index contributed by atoms with van der Waals surface area (Å²) in [7, 11) is 0. The highest BCUT2D eigenvalue weighted by Crippen LogP contribution is 2.36. The first-order valence-electron chi connectivity index (χ1n) is 4.46. The first-order chi connectivity index (χ1) is 6.83. The highest BCUT2D eigenvalue weighted by atomic mass is 16.7. The quantitative estimate of drug-likeness (QED) is 0.619. The Labute approximate surface area is 80.9 Å². The van der Waals surface area contributed by atoms with Gasteiger partial charge >= 0.3 is 0 Å². The zero-order valence-corrected chi connectivity index (χ0v) is 7.45. The number of hydrogen-bond donors (Lipinski definition) is 0. The molecule has 2 aliphatic rings. The first kappa shape index (κ1) is 7.62. The molecule has 1 aliphatic carbocycles. The summed E-state index contributed by atoms with van der Waals surface area (Å²) in [6.07, 6.45) is 3.89. The Bertz CT molecular complexity index is 446. The Hall–Kier alpha value is -1.77. The van der Waals surface area contributed by atoms with E-state index in [4.69, 9.17) is 9.47 Å². The minimum Gasteiger partial charge on any atom is -0.454 e. The van der Waals surface area contributed by atoms with Crippen molar-refractivity contribution in [3.05, 3.63) is 29.3 Å². The molecule has 14 heavy (non-hydrogen) atoms. The molecule has 3 nitrogen and oxygen atoms in total. The Kier molecular flexibility index (Phi) is 1.42. The van der Waals surface area contributed by atoms with Gasteiger partial charge in [0.25, 0.3) is 0 Å². The summed E-state index contributed by atoms with van der Waals surface area (Å²) in [5.74, 6) is 1.64. The highest BCUT2D eigenvalue weighted by Gasteiger charge is 2.18. The lowest BCUT2D eigenvalue weighted by atomic mass is 9.96. The van der Waals surface area contributed by atoms with Crippen molar-refractivity contribution in [1.29, 1.82) is 0 Å². The van der Waals surface area contributed by atoms with Crippen LogP contribution in [0.5, 0.6) is 11.5 Å². The maximum atomic E-state index is 11.2. The number of benzene rings is 1. The number of ether oxygens (including phenoxy) is 2. The van der Waals surface area contributed by atoms with Gasteiger partial charge in [-0.1, -0.05) is 6.08 Å². The van der Waals surface area contributed by atoms with Gasteiger partial charge in [-0.15, -0.1) is 0 Å². The Morgan fingerprint density at radius 3 is 2.71 bits per heavy atom. The molecule has 0 N–H and O–H groups in total. The third kappa shape index (κ3) is 1.02. The van der Waals surface area contributed by atoms with E-state index in [2.05, 4.69) is 0 Å². The van der Waals surface area contributed by atoms with Gasteiger partial charge in [0.2, 0.25) is 6.79 Å². The van der Waals surface area contributed by atoms with E-state index in [1.54, 1.807) is 6.08 Å².